The fourth-order valence-corrected chi connectivity index (χ4v) is 3.42. The molecular weight excluding hydrogens is 461 g/mol. The van der Waals surface area contributed by atoms with Crippen LogP contribution >= 0.6 is 36.1 Å². The lowest BCUT2D eigenvalue weighted by Crippen LogP contribution is -2.38. The van der Waals surface area contributed by atoms with Gasteiger partial charge in [-0.25, -0.2) is 9.69 Å². The molecule has 3 rings (SSSR count). The summed E-state index contributed by atoms with van der Waals surface area (Å²) >= 11 is 16.0. The first-order valence-corrected chi connectivity index (χ1v) is 10.5. The zero-order chi connectivity index (χ0) is 22.8. The molecule has 0 atom stereocenters. The second kappa shape index (κ2) is 9.53. The van der Waals surface area contributed by atoms with Gasteiger partial charge in [0.25, 0.3) is 5.91 Å². The minimum Gasteiger partial charge on any atom is -0.491 e. The molecule has 6 nitrogen and oxygen atoms in total. The van der Waals surface area contributed by atoms with E-state index in [0.29, 0.717) is 32.6 Å². The second-order valence-electron chi connectivity index (χ2n) is 7.70. The van der Waals surface area contributed by atoms with Crippen LogP contribution < -0.4 is 9.64 Å². The Hall–Kier alpha value is -2.19. The van der Waals surface area contributed by atoms with Gasteiger partial charge in [-0.1, -0.05) is 29.3 Å². The number of amides is 2. The third kappa shape index (κ3) is 5.54. The molecule has 31 heavy (non-hydrogen) atoms. The van der Waals surface area contributed by atoms with Crippen molar-refractivity contribution in [3.8, 4) is 5.75 Å². The number of thiol groups is 1. The fourth-order valence-electron chi connectivity index (χ4n) is 3.00. The Labute approximate surface area is 196 Å². The topological polar surface area (TPSA) is 65.1 Å². The molecule has 0 saturated carbocycles. The van der Waals surface area contributed by atoms with Gasteiger partial charge < -0.3 is 13.7 Å². The Morgan fingerprint density at radius 2 is 1.77 bits per heavy atom. The normalized spacial score (nSPS) is 14.7. The summed E-state index contributed by atoms with van der Waals surface area (Å²) in [7, 11) is 0. The molecule has 9 heteroatoms. The first-order valence-electron chi connectivity index (χ1n) is 9.38. The Balaban J connectivity index is 2.07. The number of carbonyl (C=O) groups excluding carboxylic acids is 2. The van der Waals surface area contributed by atoms with Gasteiger partial charge in [0, 0.05) is 21.2 Å². The van der Waals surface area contributed by atoms with Crippen molar-refractivity contribution in [3.05, 3.63) is 57.6 Å². The molecule has 0 unspecified atom stereocenters. The van der Waals surface area contributed by atoms with Crippen LogP contribution in [-0.2, 0) is 13.7 Å². The lowest BCUT2D eigenvalue weighted by atomic mass is 10.0. The lowest BCUT2D eigenvalue weighted by Gasteiger charge is -2.23. The molecule has 0 fully saturated rings. The van der Waals surface area contributed by atoms with E-state index in [1.165, 1.54) is 0 Å². The van der Waals surface area contributed by atoms with Crippen LogP contribution in [0.3, 0.4) is 0 Å². The Morgan fingerprint density at radius 1 is 1.10 bits per heavy atom. The number of fused-ring (bicyclic) bond motifs is 1. The monoisotopic (exact) mass is 481 g/mol. The Bertz CT molecular complexity index is 1050. The highest BCUT2D eigenvalue weighted by Gasteiger charge is 2.39. The van der Waals surface area contributed by atoms with Crippen LogP contribution in [0.2, 0.25) is 10.0 Å². The first-order chi connectivity index (χ1) is 14.6. The number of nitrogens with zero attached hydrogens (tertiary/aromatic N) is 1. The molecular formula is C22H21Cl2NO5S. The molecule has 2 amide bonds. The molecule has 0 bridgehead atoms. The summed E-state index contributed by atoms with van der Waals surface area (Å²) in [6.45, 7) is 5.71. The number of halogens is 2. The molecule has 1 aliphatic heterocycles. The maximum absolute atomic E-state index is 13.3. The van der Waals surface area contributed by atoms with Crippen molar-refractivity contribution < 1.29 is 23.2 Å². The summed E-state index contributed by atoms with van der Waals surface area (Å²) in [5, 5.41) is 0.857. The van der Waals surface area contributed by atoms with Gasteiger partial charge in [-0.2, -0.15) is 0 Å². The molecule has 0 N–H and O–H groups in total. The minimum absolute atomic E-state index is 0.255. The van der Waals surface area contributed by atoms with Crippen LogP contribution in [-0.4, -0.2) is 30.8 Å². The highest BCUT2D eigenvalue weighted by molar-refractivity contribution is 7.75. The maximum atomic E-state index is 13.3. The molecule has 2 aromatic rings. The predicted molar refractivity (Wildman–Crippen MR) is 125 cm³/mol. The molecule has 164 valence electrons. The van der Waals surface area contributed by atoms with Crippen molar-refractivity contribution in [2.45, 2.75) is 26.4 Å². The smallest absolute Gasteiger partial charge is 0.422 e. The SMILES string of the molecule is CC(C)(C)OC(=O)N1C(=O)/C(=C/c2cc(Cl)ccc2OCCOS)c2ccc(Cl)cc21. The van der Waals surface area contributed by atoms with E-state index < -0.39 is 17.6 Å². The quantitative estimate of drug-likeness (QED) is 0.243. The van der Waals surface area contributed by atoms with Gasteiger partial charge >= 0.3 is 6.09 Å². The molecule has 0 spiro atoms. The summed E-state index contributed by atoms with van der Waals surface area (Å²) < 4.78 is 15.9. The number of imide groups is 1. The average Bonchev–Trinajstić information content (AvgIpc) is 2.93. The standard InChI is InChI=1S/C22H21Cl2NO5S/c1-22(2,3)30-21(27)25-18-12-15(24)4-6-16(18)17(20(25)26)11-13-10-14(23)5-7-19(13)28-8-9-29-31/h4-7,10-12,31H,8-9H2,1-3H3/b17-11+. The number of ether oxygens (including phenoxy) is 2. The number of hydrogen-bond donors (Lipinski definition) is 1. The number of hydrogen-bond acceptors (Lipinski definition) is 6. The van der Waals surface area contributed by atoms with Crippen LogP contribution in [0.25, 0.3) is 11.6 Å². The number of anilines is 1. The number of carbonyl (C=O) groups is 2. The maximum Gasteiger partial charge on any atom is 0.422 e. The third-order valence-corrected chi connectivity index (χ3v) is 4.86. The van der Waals surface area contributed by atoms with Crippen LogP contribution in [0.5, 0.6) is 5.75 Å². The summed E-state index contributed by atoms with van der Waals surface area (Å²) in [5.74, 6) is -0.0301. The molecule has 0 radical (unpaired) electrons. The Kier molecular flexibility index (Phi) is 7.21. The largest absolute Gasteiger partial charge is 0.491 e. The summed E-state index contributed by atoms with van der Waals surface area (Å²) in [6, 6.07) is 9.94. The minimum atomic E-state index is -0.780. The van der Waals surface area contributed by atoms with Gasteiger partial charge in [0.1, 0.15) is 18.0 Å². The average molecular weight is 482 g/mol. The molecule has 2 aromatic carbocycles. The van der Waals surface area contributed by atoms with E-state index in [9.17, 15) is 9.59 Å². The molecule has 1 heterocycles. The molecule has 0 aromatic heterocycles. The van der Waals surface area contributed by atoms with E-state index in [1.807, 2.05) is 0 Å². The van der Waals surface area contributed by atoms with Crippen LogP contribution in [0, 0.1) is 0 Å². The van der Waals surface area contributed by atoms with Crippen molar-refractivity contribution in [1.29, 1.82) is 0 Å². The van der Waals surface area contributed by atoms with E-state index in [4.69, 9.17) is 36.9 Å². The molecule has 0 aliphatic carbocycles. The van der Waals surface area contributed by atoms with Gasteiger partial charge in [-0.3, -0.25) is 4.79 Å². The van der Waals surface area contributed by atoms with Gasteiger partial charge in [0.2, 0.25) is 0 Å². The fraction of sp³-hybridized carbons (Fsp3) is 0.273. The summed E-state index contributed by atoms with van der Waals surface area (Å²) in [5.41, 5.74) is 0.985. The zero-order valence-electron chi connectivity index (χ0n) is 17.1. The van der Waals surface area contributed by atoms with Crippen molar-refractivity contribution in [3.63, 3.8) is 0 Å². The van der Waals surface area contributed by atoms with E-state index in [2.05, 4.69) is 12.9 Å². The van der Waals surface area contributed by atoms with Crippen molar-refractivity contribution >= 4 is 65.4 Å². The van der Waals surface area contributed by atoms with Crippen molar-refractivity contribution in [2.24, 2.45) is 0 Å². The predicted octanol–water partition coefficient (Wildman–Crippen LogP) is 6.06. The summed E-state index contributed by atoms with van der Waals surface area (Å²) in [6.07, 6.45) is 0.847. The van der Waals surface area contributed by atoms with Crippen LogP contribution in [0.15, 0.2) is 36.4 Å². The van der Waals surface area contributed by atoms with E-state index in [1.54, 1.807) is 63.2 Å². The van der Waals surface area contributed by atoms with E-state index in [-0.39, 0.29) is 18.8 Å². The Morgan fingerprint density at radius 3 is 2.45 bits per heavy atom. The summed E-state index contributed by atoms with van der Waals surface area (Å²) in [4.78, 5) is 27.0. The van der Waals surface area contributed by atoms with Gasteiger partial charge in [0.05, 0.1) is 17.9 Å². The third-order valence-electron chi connectivity index (χ3n) is 4.20. The van der Waals surface area contributed by atoms with Gasteiger partial charge in [-0.05, 0) is 70.1 Å². The van der Waals surface area contributed by atoms with Crippen LogP contribution in [0.1, 0.15) is 31.9 Å². The molecule has 1 aliphatic rings. The van der Waals surface area contributed by atoms with Crippen molar-refractivity contribution in [2.75, 3.05) is 18.1 Å². The number of rotatable bonds is 5. The van der Waals surface area contributed by atoms with E-state index in [0.717, 1.165) is 4.90 Å². The second-order valence-corrected chi connectivity index (χ2v) is 8.84. The first kappa shape index (κ1) is 23.5. The highest BCUT2D eigenvalue weighted by atomic mass is 35.5. The van der Waals surface area contributed by atoms with Gasteiger partial charge in [-0.15, -0.1) is 0 Å². The van der Waals surface area contributed by atoms with E-state index >= 15 is 0 Å². The zero-order valence-corrected chi connectivity index (χ0v) is 19.6. The van der Waals surface area contributed by atoms with Crippen molar-refractivity contribution in [1.82, 2.24) is 0 Å². The van der Waals surface area contributed by atoms with Crippen LogP contribution in [0.4, 0.5) is 10.5 Å². The highest BCUT2D eigenvalue weighted by Crippen LogP contribution is 2.41. The lowest BCUT2D eigenvalue weighted by molar-refractivity contribution is -0.112. The number of benzene rings is 2. The van der Waals surface area contributed by atoms with Gasteiger partial charge in [0.15, 0.2) is 0 Å². The molecule has 0 saturated heterocycles.